The highest BCUT2D eigenvalue weighted by atomic mass is 16.5. The van der Waals surface area contributed by atoms with Crippen LogP contribution in [0.5, 0.6) is 0 Å². The van der Waals surface area contributed by atoms with Gasteiger partial charge in [-0.1, -0.05) is 89.6 Å². The zero-order valence-corrected chi connectivity index (χ0v) is 36.9. The second kappa shape index (κ2) is 20.0. The predicted octanol–water partition coefficient (Wildman–Crippen LogP) is 5.05. The number of anilines is 1. The number of rotatable bonds is 14. The lowest BCUT2D eigenvalue weighted by molar-refractivity contribution is -0.160. The van der Waals surface area contributed by atoms with Crippen molar-refractivity contribution in [2.75, 3.05) is 77.9 Å². The fraction of sp³-hybridized carbons (Fsp3) is 0.660. The number of piperidine rings is 1. The number of hydrogen-bond acceptors (Lipinski definition) is 9. The van der Waals surface area contributed by atoms with Crippen LogP contribution in [-0.4, -0.2) is 151 Å². The molecule has 0 radical (unpaired) electrons. The van der Waals surface area contributed by atoms with E-state index in [4.69, 9.17) is 4.74 Å². The maximum Gasteiger partial charge on any atom is 0.329 e. The van der Waals surface area contributed by atoms with E-state index in [9.17, 15) is 19.2 Å². The first-order chi connectivity index (χ1) is 28.2. The van der Waals surface area contributed by atoms with Gasteiger partial charge in [0.05, 0.1) is 12.1 Å². The highest BCUT2D eigenvalue weighted by molar-refractivity contribution is 5.91. The van der Waals surface area contributed by atoms with E-state index in [1.165, 1.54) is 5.69 Å². The molecule has 4 fully saturated rings. The number of nitrogens with one attached hydrogen (secondary N) is 1. The normalized spacial score (nSPS) is 23.8. The number of esters is 1. The first-order valence-corrected chi connectivity index (χ1v) is 22.3. The van der Waals surface area contributed by atoms with Gasteiger partial charge >= 0.3 is 5.97 Å². The first kappa shape index (κ1) is 44.5. The Balaban J connectivity index is 1.10. The van der Waals surface area contributed by atoms with E-state index in [0.29, 0.717) is 32.5 Å². The maximum absolute atomic E-state index is 14.5. The number of carbonyl (C=O) groups is 4. The molecular formula is C47H71N7O5. The molecule has 6 rings (SSSR count). The number of likely N-dealkylation sites (N-methyl/N-ethyl adjacent to an activating group) is 2. The van der Waals surface area contributed by atoms with Crippen molar-refractivity contribution < 1.29 is 23.9 Å². The average molecular weight is 814 g/mol. The monoisotopic (exact) mass is 814 g/mol. The summed E-state index contributed by atoms with van der Waals surface area (Å²) in [7, 11) is 3.83. The average Bonchev–Trinajstić information content (AvgIpc) is 3.92. The Hall–Kier alpha value is -4.00. The van der Waals surface area contributed by atoms with Gasteiger partial charge in [0.2, 0.25) is 17.7 Å². The van der Waals surface area contributed by atoms with Gasteiger partial charge in [-0.3, -0.25) is 29.1 Å². The highest BCUT2D eigenvalue weighted by Crippen LogP contribution is 2.30. The van der Waals surface area contributed by atoms with E-state index in [-0.39, 0.29) is 47.7 Å². The number of hydrogen-bond donors (Lipinski definition) is 1. The molecule has 0 bridgehead atoms. The van der Waals surface area contributed by atoms with Gasteiger partial charge < -0.3 is 24.8 Å². The topological polar surface area (TPSA) is 109 Å². The first-order valence-electron chi connectivity index (χ1n) is 22.3. The molecule has 12 nitrogen and oxygen atoms in total. The van der Waals surface area contributed by atoms with Gasteiger partial charge in [-0.25, -0.2) is 4.79 Å². The Bertz CT molecular complexity index is 1700. The second-order valence-corrected chi connectivity index (χ2v) is 18.9. The van der Waals surface area contributed by atoms with E-state index >= 15 is 0 Å². The Morgan fingerprint density at radius 1 is 0.763 bits per heavy atom. The molecule has 1 N–H and O–H groups in total. The minimum Gasteiger partial charge on any atom is -0.455 e. The van der Waals surface area contributed by atoms with Gasteiger partial charge in [-0.2, -0.15) is 0 Å². The number of nitrogens with zero attached hydrogens (tertiary/aromatic N) is 6. The maximum atomic E-state index is 14.5. The number of likely N-dealkylation sites (tertiary alicyclic amines) is 3. The Labute approximate surface area is 353 Å². The Kier molecular flexibility index (Phi) is 15.1. The molecule has 4 aliphatic rings. The summed E-state index contributed by atoms with van der Waals surface area (Å²) in [5.74, 6) is -0.457. The minimum absolute atomic E-state index is 0.0248. The summed E-state index contributed by atoms with van der Waals surface area (Å²) in [5.41, 5.74) is 1.68. The molecule has 0 aliphatic carbocycles. The van der Waals surface area contributed by atoms with Crippen LogP contribution in [0.1, 0.15) is 91.2 Å². The molecule has 6 atom stereocenters. The van der Waals surface area contributed by atoms with Crippen LogP contribution in [0.4, 0.5) is 5.69 Å². The van der Waals surface area contributed by atoms with E-state index in [1.807, 2.05) is 76.2 Å². The van der Waals surface area contributed by atoms with Gasteiger partial charge in [0.25, 0.3) is 0 Å². The van der Waals surface area contributed by atoms with E-state index in [0.717, 1.165) is 76.9 Å². The third-order valence-electron chi connectivity index (χ3n) is 13.3. The number of benzene rings is 2. The summed E-state index contributed by atoms with van der Waals surface area (Å²) in [6.45, 7) is 17.0. The van der Waals surface area contributed by atoms with Crippen molar-refractivity contribution in [1.29, 1.82) is 0 Å². The van der Waals surface area contributed by atoms with E-state index in [2.05, 4.69) is 63.0 Å². The molecule has 0 aromatic heterocycles. The lowest BCUT2D eigenvalue weighted by Gasteiger charge is -2.41. The molecule has 4 aliphatic heterocycles. The van der Waals surface area contributed by atoms with Gasteiger partial charge in [0.1, 0.15) is 18.2 Å². The Morgan fingerprint density at radius 3 is 2.03 bits per heavy atom. The van der Waals surface area contributed by atoms with Crippen LogP contribution in [0.25, 0.3) is 0 Å². The summed E-state index contributed by atoms with van der Waals surface area (Å²) in [6, 6.07) is 18.3. The molecule has 0 spiro atoms. The summed E-state index contributed by atoms with van der Waals surface area (Å²) >= 11 is 0. The second-order valence-electron chi connectivity index (χ2n) is 18.9. The smallest absolute Gasteiger partial charge is 0.329 e. The number of piperazine rings is 1. The molecule has 4 heterocycles. The van der Waals surface area contributed by atoms with Crippen LogP contribution >= 0.6 is 0 Å². The van der Waals surface area contributed by atoms with Gasteiger partial charge in [0.15, 0.2) is 0 Å². The minimum atomic E-state index is -0.692. The fourth-order valence-corrected chi connectivity index (χ4v) is 9.63. The molecule has 1 unspecified atom stereocenters. The van der Waals surface area contributed by atoms with Crippen LogP contribution in [0.3, 0.4) is 0 Å². The van der Waals surface area contributed by atoms with Crippen molar-refractivity contribution >= 4 is 29.4 Å². The molecule has 59 heavy (non-hydrogen) atoms. The summed E-state index contributed by atoms with van der Waals surface area (Å²) in [6.07, 6.45) is 5.32. The molecule has 0 saturated carbocycles. The Morgan fingerprint density at radius 2 is 1.39 bits per heavy atom. The number of para-hydroxylation sites is 1. The molecule has 324 valence electrons. The van der Waals surface area contributed by atoms with Crippen molar-refractivity contribution in [3.63, 3.8) is 0 Å². The van der Waals surface area contributed by atoms with Crippen molar-refractivity contribution in [3.8, 4) is 0 Å². The highest BCUT2D eigenvalue weighted by Gasteiger charge is 2.44. The summed E-state index contributed by atoms with van der Waals surface area (Å²) < 4.78 is 6.40. The lowest BCUT2D eigenvalue weighted by atomic mass is 9.84. The molecule has 3 amide bonds. The molecule has 12 heteroatoms. The molecule has 2 aromatic rings. The SMILES string of the molecule is CC(C)[C@@H](CN1CCC[C@H]1C(=O)N1CCC[C@H]1C(=O)OC(CN1CCN(c2ccccc2)CC1)c1ccccc1)N(C)C(=O)[C@@H](NC(=O)[C@H]1CCCCN1C)C(C)(C)C. The van der Waals surface area contributed by atoms with E-state index < -0.39 is 23.6 Å². The van der Waals surface area contributed by atoms with Crippen molar-refractivity contribution in [3.05, 3.63) is 66.2 Å². The van der Waals surface area contributed by atoms with Gasteiger partial charge in [-0.05, 0) is 87.7 Å². The zero-order chi connectivity index (χ0) is 42.3. The standard InChI is InChI=1S/C47H71N7O5/c1-34(2)40(50(7)45(57)42(47(3,4)5)48-43(55)37-22-14-15-25-49(37)6)32-53-26-16-23-38(53)44(56)54-27-17-24-39(54)46(58)59-41(35-18-10-8-11-19-35)33-51-28-30-52(31-29-51)36-20-12-9-13-21-36/h8-13,18-21,34,37-42H,14-17,22-33H2,1-7H3,(H,48,55)/t37-,38+,39+,40-,41?,42-/m1/s1. The quantitative estimate of drug-likeness (QED) is 0.263. The number of amides is 3. The fourth-order valence-electron chi connectivity index (χ4n) is 9.63. The lowest BCUT2D eigenvalue weighted by Crippen LogP contribution is -2.61. The van der Waals surface area contributed by atoms with Crippen molar-refractivity contribution in [2.45, 2.75) is 116 Å². The van der Waals surface area contributed by atoms with Crippen LogP contribution in [-0.2, 0) is 23.9 Å². The predicted molar refractivity (Wildman–Crippen MR) is 233 cm³/mol. The molecule has 4 saturated heterocycles. The summed E-state index contributed by atoms with van der Waals surface area (Å²) in [4.78, 5) is 69.3. The van der Waals surface area contributed by atoms with Crippen molar-refractivity contribution in [1.82, 2.24) is 29.8 Å². The third-order valence-corrected chi connectivity index (χ3v) is 13.3. The molecule has 2 aromatic carbocycles. The summed E-state index contributed by atoms with van der Waals surface area (Å²) in [5, 5.41) is 3.16. The van der Waals surface area contributed by atoms with E-state index in [1.54, 1.807) is 4.90 Å². The van der Waals surface area contributed by atoms with Gasteiger partial charge in [-0.15, -0.1) is 0 Å². The zero-order valence-electron chi connectivity index (χ0n) is 36.9. The number of carbonyl (C=O) groups excluding carboxylic acids is 4. The molecular weight excluding hydrogens is 743 g/mol. The van der Waals surface area contributed by atoms with Crippen LogP contribution in [0.2, 0.25) is 0 Å². The van der Waals surface area contributed by atoms with Crippen LogP contribution < -0.4 is 10.2 Å². The van der Waals surface area contributed by atoms with Gasteiger partial charge in [0, 0.05) is 64.6 Å². The van der Waals surface area contributed by atoms with Crippen LogP contribution in [0.15, 0.2) is 60.7 Å². The van der Waals surface area contributed by atoms with Crippen molar-refractivity contribution in [2.24, 2.45) is 11.3 Å². The third kappa shape index (κ3) is 11.0. The van der Waals surface area contributed by atoms with Crippen LogP contribution in [0, 0.1) is 11.3 Å². The number of ether oxygens (including phenoxy) is 1. The largest absolute Gasteiger partial charge is 0.455 e.